The molecule has 5 heteroatoms. The third-order valence-electron chi connectivity index (χ3n) is 2.85. The Morgan fingerprint density at radius 2 is 2.05 bits per heavy atom. The molecule has 0 radical (unpaired) electrons. The van der Waals surface area contributed by atoms with Gasteiger partial charge in [-0.2, -0.15) is 4.98 Å². The van der Waals surface area contributed by atoms with Crippen LogP contribution >= 0.6 is 0 Å². The van der Waals surface area contributed by atoms with Gasteiger partial charge in [0.15, 0.2) is 5.69 Å². The number of oxazole rings is 1. The Labute approximate surface area is 118 Å². The summed E-state index contributed by atoms with van der Waals surface area (Å²) >= 11 is 0. The molecule has 20 heavy (non-hydrogen) atoms. The predicted octanol–water partition coefficient (Wildman–Crippen LogP) is 2.88. The number of aromatic nitrogens is 1. The number of ether oxygens (including phenoxy) is 1. The summed E-state index contributed by atoms with van der Waals surface area (Å²) in [5.41, 5.74) is 1.36. The number of benzene rings is 1. The normalized spacial score (nSPS) is 10.3. The lowest BCUT2D eigenvalue weighted by atomic mass is 10.2. The van der Waals surface area contributed by atoms with Crippen molar-refractivity contribution >= 4 is 12.0 Å². The number of anilines is 1. The van der Waals surface area contributed by atoms with Gasteiger partial charge in [-0.15, -0.1) is 0 Å². The van der Waals surface area contributed by atoms with Gasteiger partial charge in [0.1, 0.15) is 6.26 Å². The summed E-state index contributed by atoms with van der Waals surface area (Å²) in [6.07, 6.45) is 1.33. The third-order valence-corrected chi connectivity index (χ3v) is 2.85. The van der Waals surface area contributed by atoms with Crippen LogP contribution in [0.5, 0.6) is 0 Å². The van der Waals surface area contributed by atoms with Gasteiger partial charge in [-0.3, -0.25) is 0 Å². The van der Waals surface area contributed by atoms with Crippen LogP contribution in [0, 0.1) is 0 Å². The molecule has 0 N–H and O–H groups in total. The molecule has 0 spiro atoms. The molecule has 0 saturated heterocycles. The van der Waals surface area contributed by atoms with Crippen LogP contribution in [0.2, 0.25) is 0 Å². The summed E-state index contributed by atoms with van der Waals surface area (Å²) in [7, 11) is 0. The molecule has 5 nitrogen and oxygen atoms in total. The van der Waals surface area contributed by atoms with Crippen molar-refractivity contribution in [2.45, 2.75) is 20.4 Å². The van der Waals surface area contributed by atoms with E-state index >= 15 is 0 Å². The zero-order valence-corrected chi connectivity index (χ0v) is 11.7. The number of nitrogens with zero attached hydrogens (tertiary/aromatic N) is 2. The highest BCUT2D eigenvalue weighted by molar-refractivity contribution is 5.87. The molecule has 0 aliphatic carbocycles. The van der Waals surface area contributed by atoms with Crippen molar-refractivity contribution < 1.29 is 13.9 Å². The molecule has 2 aromatic rings. The van der Waals surface area contributed by atoms with Crippen molar-refractivity contribution in [3.05, 3.63) is 47.9 Å². The predicted molar refractivity (Wildman–Crippen MR) is 75.6 cm³/mol. The number of rotatable bonds is 6. The zero-order chi connectivity index (χ0) is 14.4. The van der Waals surface area contributed by atoms with E-state index in [1.807, 2.05) is 42.2 Å². The van der Waals surface area contributed by atoms with Gasteiger partial charge in [0.25, 0.3) is 6.01 Å². The zero-order valence-electron chi connectivity index (χ0n) is 11.7. The van der Waals surface area contributed by atoms with Crippen LogP contribution in [-0.4, -0.2) is 24.1 Å². The van der Waals surface area contributed by atoms with Crippen molar-refractivity contribution in [1.82, 2.24) is 4.98 Å². The quantitative estimate of drug-likeness (QED) is 0.758. The molecular weight excluding hydrogens is 256 g/mol. The van der Waals surface area contributed by atoms with Crippen LogP contribution in [0.25, 0.3) is 0 Å². The van der Waals surface area contributed by atoms with E-state index in [-0.39, 0.29) is 5.69 Å². The first-order valence-electron chi connectivity index (χ1n) is 6.66. The van der Waals surface area contributed by atoms with E-state index < -0.39 is 5.97 Å². The van der Waals surface area contributed by atoms with E-state index in [9.17, 15) is 4.79 Å². The SMILES string of the molecule is CCOC(=O)c1coc(N(CC)Cc2ccccc2)n1. The molecule has 0 aliphatic rings. The molecular formula is C15H18N2O3. The molecule has 1 aromatic carbocycles. The first kappa shape index (κ1) is 14.1. The Hall–Kier alpha value is -2.30. The summed E-state index contributed by atoms with van der Waals surface area (Å²) in [6, 6.07) is 10.5. The second-order valence-corrected chi connectivity index (χ2v) is 4.24. The first-order valence-corrected chi connectivity index (χ1v) is 6.66. The van der Waals surface area contributed by atoms with Gasteiger partial charge in [0, 0.05) is 13.1 Å². The molecule has 2 rings (SSSR count). The standard InChI is InChI=1S/C15H18N2O3/c1-3-17(10-12-8-6-5-7-9-12)15-16-13(11-20-15)14(18)19-4-2/h5-9,11H,3-4,10H2,1-2H3. The topological polar surface area (TPSA) is 55.6 Å². The van der Waals surface area contributed by atoms with Crippen LogP contribution in [0.15, 0.2) is 41.0 Å². The molecule has 1 heterocycles. The van der Waals surface area contributed by atoms with Gasteiger partial charge < -0.3 is 14.1 Å². The molecule has 0 unspecified atom stereocenters. The van der Waals surface area contributed by atoms with Gasteiger partial charge in [0.2, 0.25) is 0 Å². The van der Waals surface area contributed by atoms with E-state index in [1.165, 1.54) is 6.26 Å². The molecule has 0 amide bonds. The third kappa shape index (κ3) is 3.38. The Kier molecular flexibility index (Phi) is 4.76. The second kappa shape index (κ2) is 6.75. The van der Waals surface area contributed by atoms with E-state index in [2.05, 4.69) is 4.98 Å². The Balaban J connectivity index is 2.10. The minimum Gasteiger partial charge on any atom is -0.461 e. The van der Waals surface area contributed by atoms with Crippen LogP contribution in [0.1, 0.15) is 29.9 Å². The highest BCUT2D eigenvalue weighted by Crippen LogP contribution is 2.17. The van der Waals surface area contributed by atoms with Crippen molar-refractivity contribution in [3.63, 3.8) is 0 Å². The molecule has 0 bridgehead atoms. The van der Waals surface area contributed by atoms with E-state index in [0.717, 1.165) is 12.1 Å². The smallest absolute Gasteiger partial charge is 0.360 e. The Morgan fingerprint density at radius 1 is 1.30 bits per heavy atom. The van der Waals surface area contributed by atoms with Gasteiger partial charge in [-0.05, 0) is 19.4 Å². The number of carbonyl (C=O) groups is 1. The summed E-state index contributed by atoms with van der Waals surface area (Å²) in [6.45, 7) is 5.50. The molecule has 0 fully saturated rings. The van der Waals surface area contributed by atoms with Crippen molar-refractivity contribution in [1.29, 1.82) is 0 Å². The number of esters is 1. The monoisotopic (exact) mass is 274 g/mol. The highest BCUT2D eigenvalue weighted by atomic mass is 16.5. The molecule has 0 saturated carbocycles. The van der Waals surface area contributed by atoms with Crippen molar-refractivity contribution in [3.8, 4) is 0 Å². The maximum atomic E-state index is 11.6. The average Bonchev–Trinajstić information content (AvgIpc) is 2.96. The Bertz CT molecular complexity index is 551. The minimum absolute atomic E-state index is 0.202. The van der Waals surface area contributed by atoms with E-state index in [0.29, 0.717) is 19.2 Å². The lowest BCUT2D eigenvalue weighted by Gasteiger charge is -2.18. The molecule has 0 aliphatic heterocycles. The Morgan fingerprint density at radius 3 is 2.70 bits per heavy atom. The van der Waals surface area contributed by atoms with Crippen molar-refractivity contribution in [2.24, 2.45) is 0 Å². The molecule has 1 aromatic heterocycles. The fraction of sp³-hybridized carbons (Fsp3) is 0.333. The second-order valence-electron chi connectivity index (χ2n) is 4.24. The maximum Gasteiger partial charge on any atom is 0.360 e. The number of carbonyl (C=O) groups excluding carboxylic acids is 1. The summed E-state index contributed by atoms with van der Waals surface area (Å²) in [5, 5.41) is 0. The van der Waals surface area contributed by atoms with Crippen molar-refractivity contribution in [2.75, 3.05) is 18.1 Å². The molecule has 106 valence electrons. The number of hydrogen-bond donors (Lipinski definition) is 0. The first-order chi connectivity index (χ1) is 9.74. The molecule has 0 atom stereocenters. The van der Waals surface area contributed by atoms with Gasteiger partial charge in [-0.1, -0.05) is 30.3 Å². The highest BCUT2D eigenvalue weighted by Gasteiger charge is 2.17. The fourth-order valence-corrected chi connectivity index (χ4v) is 1.83. The summed E-state index contributed by atoms with van der Waals surface area (Å²) < 4.78 is 10.3. The van der Waals surface area contributed by atoms with Gasteiger partial charge in [-0.25, -0.2) is 4.79 Å². The summed E-state index contributed by atoms with van der Waals surface area (Å²) in [4.78, 5) is 17.7. The van der Waals surface area contributed by atoms with Gasteiger partial charge in [0.05, 0.1) is 6.61 Å². The lowest BCUT2D eigenvalue weighted by molar-refractivity contribution is 0.0519. The minimum atomic E-state index is -0.460. The van der Waals surface area contributed by atoms with Crippen LogP contribution in [0.4, 0.5) is 6.01 Å². The summed E-state index contributed by atoms with van der Waals surface area (Å²) in [5.74, 6) is -0.460. The number of hydrogen-bond acceptors (Lipinski definition) is 5. The van der Waals surface area contributed by atoms with Gasteiger partial charge >= 0.3 is 5.97 Å². The lowest BCUT2D eigenvalue weighted by Crippen LogP contribution is -2.22. The van der Waals surface area contributed by atoms with Crippen LogP contribution in [-0.2, 0) is 11.3 Å². The van der Waals surface area contributed by atoms with E-state index in [1.54, 1.807) is 6.92 Å². The van der Waals surface area contributed by atoms with E-state index in [4.69, 9.17) is 9.15 Å². The van der Waals surface area contributed by atoms with Crippen LogP contribution in [0.3, 0.4) is 0 Å². The average molecular weight is 274 g/mol. The fourth-order valence-electron chi connectivity index (χ4n) is 1.83. The largest absolute Gasteiger partial charge is 0.461 e. The van der Waals surface area contributed by atoms with Crippen LogP contribution < -0.4 is 4.90 Å². The maximum absolute atomic E-state index is 11.6.